The normalized spacial score (nSPS) is 11.2. The van der Waals surface area contributed by atoms with Gasteiger partial charge in [0.1, 0.15) is 5.56 Å². The lowest BCUT2D eigenvalue weighted by molar-refractivity contribution is 0.0695. The molecular formula is C13H11NO3S. The van der Waals surface area contributed by atoms with Crippen LogP contribution in [0.15, 0.2) is 35.3 Å². The molecule has 2 aromatic rings. The highest BCUT2D eigenvalue weighted by atomic mass is 32.1. The number of carboxylic acids is 1. The van der Waals surface area contributed by atoms with Gasteiger partial charge < -0.3 is 10.1 Å². The number of aromatic amines is 1. The van der Waals surface area contributed by atoms with E-state index in [1.165, 1.54) is 6.20 Å². The van der Waals surface area contributed by atoms with Crippen molar-refractivity contribution in [1.82, 2.24) is 4.98 Å². The Morgan fingerprint density at radius 2 is 2.22 bits per heavy atom. The lowest BCUT2D eigenvalue weighted by Gasteiger charge is -2.01. The highest BCUT2D eigenvalue weighted by Crippen LogP contribution is 2.12. The van der Waals surface area contributed by atoms with Crippen LogP contribution in [-0.2, 0) is 0 Å². The number of nitrogens with one attached hydrogen (secondary N) is 1. The summed E-state index contributed by atoms with van der Waals surface area (Å²) >= 11 is 4.07. The minimum Gasteiger partial charge on any atom is -0.477 e. The number of H-pyrrole nitrogens is 1. The molecular weight excluding hydrogens is 250 g/mol. The summed E-state index contributed by atoms with van der Waals surface area (Å²) in [5.74, 6) is -0.593. The van der Waals surface area contributed by atoms with Gasteiger partial charge in [-0.05, 0) is 17.7 Å². The van der Waals surface area contributed by atoms with Crippen LogP contribution < -0.4 is 5.43 Å². The third-order valence-electron chi connectivity index (χ3n) is 2.55. The zero-order valence-corrected chi connectivity index (χ0v) is 10.3. The monoisotopic (exact) mass is 261 g/mol. The molecule has 18 heavy (non-hydrogen) atoms. The zero-order valence-electron chi connectivity index (χ0n) is 9.38. The molecule has 0 aliphatic carbocycles. The fourth-order valence-electron chi connectivity index (χ4n) is 1.69. The van der Waals surface area contributed by atoms with Crippen LogP contribution in [0, 0.1) is 0 Å². The molecule has 1 heterocycles. The van der Waals surface area contributed by atoms with E-state index in [0.29, 0.717) is 16.7 Å². The van der Waals surface area contributed by atoms with Crippen LogP contribution in [0.5, 0.6) is 0 Å². The van der Waals surface area contributed by atoms with Gasteiger partial charge in [0, 0.05) is 22.9 Å². The van der Waals surface area contributed by atoms with E-state index in [-0.39, 0.29) is 5.56 Å². The largest absolute Gasteiger partial charge is 0.477 e. The molecule has 0 amide bonds. The van der Waals surface area contributed by atoms with Crippen LogP contribution in [0.4, 0.5) is 0 Å². The number of aromatic nitrogens is 1. The van der Waals surface area contributed by atoms with Gasteiger partial charge in [-0.15, -0.1) is 0 Å². The van der Waals surface area contributed by atoms with Gasteiger partial charge in [-0.1, -0.05) is 18.2 Å². The van der Waals surface area contributed by atoms with Crippen molar-refractivity contribution in [1.29, 1.82) is 0 Å². The number of aromatic carboxylic acids is 1. The average molecular weight is 261 g/mol. The Morgan fingerprint density at radius 1 is 1.44 bits per heavy atom. The highest BCUT2D eigenvalue weighted by molar-refractivity contribution is 7.80. The molecule has 0 saturated heterocycles. The molecule has 0 fully saturated rings. The third-order valence-corrected chi connectivity index (χ3v) is 2.76. The predicted molar refractivity (Wildman–Crippen MR) is 74.4 cm³/mol. The predicted octanol–water partition coefficient (Wildman–Crippen LogP) is 2.17. The first-order valence-corrected chi connectivity index (χ1v) is 5.93. The molecule has 5 heteroatoms. The Labute approximate surface area is 108 Å². The summed E-state index contributed by atoms with van der Waals surface area (Å²) in [6.45, 7) is 0. The second-order valence-electron chi connectivity index (χ2n) is 3.73. The molecule has 2 rings (SSSR count). The van der Waals surface area contributed by atoms with Gasteiger partial charge in [0.2, 0.25) is 5.43 Å². The summed E-state index contributed by atoms with van der Waals surface area (Å²) in [6.07, 6.45) is 4.99. The number of thiol groups is 1. The van der Waals surface area contributed by atoms with Crippen molar-refractivity contribution in [3.05, 3.63) is 51.8 Å². The molecule has 0 aliphatic rings. The van der Waals surface area contributed by atoms with Crippen LogP contribution in [0.1, 0.15) is 15.9 Å². The van der Waals surface area contributed by atoms with Crippen LogP contribution in [0.3, 0.4) is 0 Å². The molecule has 0 aliphatic heterocycles. The molecule has 92 valence electrons. The van der Waals surface area contributed by atoms with E-state index >= 15 is 0 Å². The number of fused-ring (bicyclic) bond motifs is 1. The molecule has 0 unspecified atom stereocenters. The maximum atomic E-state index is 11.9. The van der Waals surface area contributed by atoms with Crippen molar-refractivity contribution >= 4 is 35.6 Å². The molecule has 0 atom stereocenters. The van der Waals surface area contributed by atoms with Gasteiger partial charge >= 0.3 is 5.97 Å². The summed E-state index contributed by atoms with van der Waals surface area (Å²) in [7, 11) is 0. The second kappa shape index (κ2) is 5.10. The lowest BCUT2D eigenvalue weighted by atomic mass is 10.1. The van der Waals surface area contributed by atoms with Crippen LogP contribution in [0.2, 0.25) is 0 Å². The SMILES string of the molecule is O=C(O)c1c[nH]c2cc(C=CCS)ccc2c1=O. The number of hydrogen-bond acceptors (Lipinski definition) is 3. The topological polar surface area (TPSA) is 70.2 Å². The van der Waals surface area contributed by atoms with E-state index in [0.717, 1.165) is 5.56 Å². The molecule has 1 aromatic carbocycles. The minimum absolute atomic E-state index is 0.249. The standard InChI is InChI=1S/C13H11NO3S/c15-12-9-4-3-8(2-1-5-18)6-11(9)14-7-10(12)13(16)17/h1-4,6-7,18H,5H2,(H,14,15)(H,16,17). The van der Waals surface area contributed by atoms with Crippen LogP contribution in [-0.4, -0.2) is 21.8 Å². The average Bonchev–Trinajstić information content (AvgIpc) is 2.36. The first-order chi connectivity index (χ1) is 8.63. The van der Waals surface area contributed by atoms with Crippen molar-refractivity contribution in [3.63, 3.8) is 0 Å². The fourth-order valence-corrected chi connectivity index (χ4v) is 1.80. The molecule has 0 spiro atoms. The number of carbonyl (C=O) groups is 1. The maximum absolute atomic E-state index is 11.9. The Bertz CT molecular complexity index is 688. The van der Waals surface area contributed by atoms with Gasteiger partial charge in [0.15, 0.2) is 0 Å². The van der Waals surface area contributed by atoms with Gasteiger partial charge in [0.05, 0.1) is 0 Å². The van der Waals surface area contributed by atoms with E-state index < -0.39 is 11.4 Å². The quantitative estimate of drug-likeness (QED) is 0.742. The van der Waals surface area contributed by atoms with Gasteiger partial charge in [-0.25, -0.2) is 4.79 Å². The summed E-state index contributed by atoms with van der Waals surface area (Å²) in [6, 6.07) is 5.18. The van der Waals surface area contributed by atoms with Gasteiger partial charge in [0.25, 0.3) is 0 Å². The number of benzene rings is 1. The van der Waals surface area contributed by atoms with Crippen molar-refractivity contribution < 1.29 is 9.90 Å². The molecule has 2 N–H and O–H groups in total. The van der Waals surface area contributed by atoms with E-state index in [1.54, 1.807) is 18.2 Å². The summed E-state index contributed by atoms with van der Waals surface area (Å²) in [5.41, 5.74) is 0.823. The maximum Gasteiger partial charge on any atom is 0.341 e. The van der Waals surface area contributed by atoms with Gasteiger partial charge in [-0.2, -0.15) is 12.6 Å². The molecule has 0 saturated carbocycles. The zero-order chi connectivity index (χ0) is 13.1. The molecule has 1 aromatic heterocycles. The van der Waals surface area contributed by atoms with Crippen molar-refractivity contribution in [2.75, 3.05) is 5.75 Å². The first kappa shape index (κ1) is 12.4. The van der Waals surface area contributed by atoms with Crippen LogP contribution in [0.25, 0.3) is 17.0 Å². The second-order valence-corrected chi connectivity index (χ2v) is 4.09. The summed E-state index contributed by atoms with van der Waals surface area (Å²) in [4.78, 5) is 25.5. The number of carboxylic acid groups (broad SMARTS) is 1. The fraction of sp³-hybridized carbons (Fsp3) is 0.0769. The first-order valence-electron chi connectivity index (χ1n) is 5.29. The number of hydrogen-bond donors (Lipinski definition) is 3. The van der Waals surface area contributed by atoms with Crippen molar-refractivity contribution in [2.45, 2.75) is 0 Å². The van der Waals surface area contributed by atoms with E-state index in [1.807, 2.05) is 12.2 Å². The van der Waals surface area contributed by atoms with Crippen molar-refractivity contribution in [2.24, 2.45) is 0 Å². The van der Waals surface area contributed by atoms with E-state index in [9.17, 15) is 9.59 Å². The lowest BCUT2D eigenvalue weighted by Crippen LogP contribution is -2.15. The molecule has 4 nitrogen and oxygen atoms in total. The van der Waals surface area contributed by atoms with Gasteiger partial charge in [-0.3, -0.25) is 4.79 Å². The Kier molecular flexibility index (Phi) is 3.53. The molecule has 0 radical (unpaired) electrons. The smallest absolute Gasteiger partial charge is 0.341 e. The third kappa shape index (κ3) is 2.31. The summed E-state index contributed by atoms with van der Waals surface area (Å²) < 4.78 is 0. The molecule has 0 bridgehead atoms. The van der Waals surface area contributed by atoms with Crippen LogP contribution >= 0.6 is 12.6 Å². The minimum atomic E-state index is -1.22. The number of rotatable bonds is 3. The van der Waals surface area contributed by atoms with E-state index in [4.69, 9.17) is 5.11 Å². The summed E-state index contributed by atoms with van der Waals surface area (Å²) in [5, 5.41) is 9.23. The van der Waals surface area contributed by atoms with E-state index in [2.05, 4.69) is 17.6 Å². The Morgan fingerprint density at radius 3 is 2.89 bits per heavy atom. The van der Waals surface area contributed by atoms with Crippen molar-refractivity contribution in [3.8, 4) is 0 Å². The number of pyridine rings is 1. The Hall–Kier alpha value is -2.01. The Balaban J connectivity index is 2.61. The highest BCUT2D eigenvalue weighted by Gasteiger charge is 2.10.